The molecule has 0 saturated heterocycles. The fourth-order valence-corrected chi connectivity index (χ4v) is 0.831. The first kappa shape index (κ1) is 37.9. The zero-order valence-corrected chi connectivity index (χ0v) is 22.6. The number of rotatable bonds is 6. The van der Waals surface area contributed by atoms with Gasteiger partial charge in [-0.3, -0.25) is 4.55 Å². The number of hydrogen-bond donors (Lipinski definition) is 1. The van der Waals surface area contributed by atoms with Crippen molar-refractivity contribution in [2.24, 2.45) is 0 Å². The van der Waals surface area contributed by atoms with E-state index in [0.29, 0.717) is 5.57 Å². The summed E-state index contributed by atoms with van der Waals surface area (Å²) in [5.74, 6) is -2.79. The van der Waals surface area contributed by atoms with Crippen molar-refractivity contribution in [1.82, 2.24) is 0 Å². The molecule has 0 bridgehead atoms. The molecule has 0 unspecified atom stereocenters. The van der Waals surface area contributed by atoms with Crippen LogP contribution in [0.4, 0.5) is 0 Å². The van der Waals surface area contributed by atoms with Crippen molar-refractivity contribution in [3.05, 3.63) is 36.5 Å². The topological polar surface area (TPSA) is 147 Å². The molecule has 1 N–H and O–H groups in total. The van der Waals surface area contributed by atoms with Gasteiger partial charge in [-0.05, 0) is 26.3 Å². The van der Waals surface area contributed by atoms with Crippen molar-refractivity contribution in [3.63, 3.8) is 0 Å². The molecule has 0 saturated carbocycles. The molecule has 1 radical (unpaired) electrons. The van der Waals surface area contributed by atoms with Crippen molar-refractivity contribution < 1.29 is 93.3 Å². The number of carbonyl (C=O) groups excluding carboxylic acids is 3. The number of ether oxygens (including phenoxy) is 2. The Hall–Kier alpha value is 0.176. The largest absolute Gasteiger partial charge is 1.00 e. The molecule has 0 aliphatic rings. The Labute approximate surface area is 224 Å². The summed E-state index contributed by atoms with van der Waals surface area (Å²) in [5.41, 5.74) is 0.683. The number of carboxylic acids is 1. The van der Waals surface area contributed by atoms with Crippen LogP contribution in [0.15, 0.2) is 36.5 Å². The van der Waals surface area contributed by atoms with Crippen molar-refractivity contribution in [2.75, 3.05) is 19.5 Å². The van der Waals surface area contributed by atoms with Crippen LogP contribution in [0.5, 0.6) is 0 Å². The van der Waals surface area contributed by atoms with Gasteiger partial charge in [0.1, 0.15) is 12.4 Å². The summed E-state index contributed by atoms with van der Waals surface area (Å²) in [6, 6.07) is 0. The minimum absolute atomic E-state index is 0. The van der Waals surface area contributed by atoms with Gasteiger partial charge in [-0.1, -0.05) is 19.7 Å². The van der Waals surface area contributed by atoms with Crippen LogP contribution in [0.25, 0.3) is 0 Å². The maximum absolute atomic E-state index is 10.6. The summed E-state index contributed by atoms with van der Waals surface area (Å²) >= 11 is 0. The third kappa shape index (κ3) is 34.1. The van der Waals surface area contributed by atoms with Gasteiger partial charge in [-0.2, -0.15) is 8.42 Å². The van der Waals surface area contributed by atoms with Crippen LogP contribution in [0, 0.1) is 0 Å². The molecule has 0 spiro atoms. The third-order valence-electron chi connectivity index (χ3n) is 1.81. The first-order valence-electron chi connectivity index (χ1n) is 6.54. The zero-order valence-electron chi connectivity index (χ0n) is 16.7. The summed E-state index contributed by atoms with van der Waals surface area (Å²) in [5, 5.41) is 9.49. The molecule has 0 fully saturated rings. The van der Waals surface area contributed by atoms with Gasteiger partial charge in [0.25, 0.3) is 10.1 Å². The van der Waals surface area contributed by atoms with E-state index in [1.807, 2.05) is 0 Å². The van der Waals surface area contributed by atoms with E-state index in [-0.39, 0.29) is 105 Å². The first-order valence-corrected chi connectivity index (χ1v) is 8.15. The summed E-state index contributed by atoms with van der Waals surface area (Å²) in [6.45, 7) is 13.8. The van der Waals surface area contributed by atoms with E-state index in [1.165, 1.54) is 21.0 Å². The van der Waals surface area contributed by atoms with E-state index < -0.39 is 27.8 Å². The molecule has 145 valence electrons. The molecule has 0 aromatic carbocycles. The maximum atomic E-state index is 10.6. The van der Waals surface area contributed by atoms with Gasteiger partial charge in [0.05, 0.1) is 13.1 Å². The number of aliphatic carboxylic acids is 1. The average Bonchev–Trinajstić information content (AvgIpc) is 2.45. The Balaban J connectivity index is -0.0000000932. The molecule has 0 atom stereocenters. The smallest absolute Gasteiger partial charge is 0.545 e. The second-order valence-corrected chi connectivity index (χ2v) is 6.11. The molecule has 12 heteroatoms. The van der Waals surface area contributed by atoms with Crippen LogP contribution in [-0.2, 0) is 34.0 Å². The molecular formula is C15H23KNaO9S. The Kier molecular flexibility index (Phi) is 29.3. The van der Waals surface area contributed by atoms with Crippen LogP contribution in [0.1, 0.15) is 20.8 Å². The molecule has 0 aliphatic carbocycles. The van der Waals surface area contributed by atoms with E-state index in [1.54, 1.807) is 6.92 Å². The standard InChI is InChI=1S/C6H10O5S.C5H8O2.C4H6O2.K.Na/c1-5(2)6(7)11-3-4-12(8,9)10;1-4(2)5(6)7-3;1-3(2)4(5)6;;/h1,3-4H2,2H3,(H,8,9,10);1H2,2-3H3;1H2,2H3,(H,5,6);;/q;;;+1;/p-1. The van der Waals surface area contributed by atoms with E-state index in [9.17, 15) is 27.9 Å². The van der Waals surface area contributed by atoms with Crippen LogP contribution in [-0.4, -0.2) is 79.9 Å². The molecule has 27 heavy (non-hydrogen) atoms. The van der Waals surface area contributed by atoms with E-state index in [4.69, 9.17) is 4.55 Å². The van der Waals surface area contributed by atoms with Gasteiger partial charge in [0.2, 0.25) is 0 Å². The van der Waals surface area contributed by atoms with E-state index in [2.05, 4.69) is 29.2 Å². The van der Waals surface area contributed by atoms with Gasteiger partial charge in [-0.15, -0.1) is 0 Å². The van der Waals surface area contributed by atoms with E-state index >= 15 is 0 Å². The predicted octanol–water partition coefficient (Wildman–Crippen LogP) is -3.34. The van der Waals surface area contributed by atoms with Crippen molar-refractivity contribution in [2.45, 2.75) is 20.8 Å². The summed E-state index contributed by atoms with van der Waals surface area (Å²) in [4.78, 5) is 30.3. The maximum Gasteiger partial charge on any atom is 1.00 e. The summed E-state index contributed by atoms with van der Waals surface area (Å²) in [7, 11) is -2.72. The number of carboxylic acid groups (broad SMARTS) is 1. The molecule has 0 aromatic rings. The second kappa shape index (κ2) is 20.9. The van der Waals surface area contributed by atoms with Gasteiger partial charge in [-0.25, -0.2) is 9.59 Å². The number of methoxy groups -OCH3 is 1. The van der Waals surface area contributed by atoms with Gasteiger partial charge < -0.3 is 19.4 Å². The van der Waals surface area contributed by atoms with Crippen LogP contribution < -0.4 is 56.5 Å². The third-order valence-corrected chi connectivity index (χ3v) is 2.49. The normalized spacial score (nSPS) is 8.48. The molecular weight excluding hydrogens is 418 g/mol. The molecule has 0 aliphatic heterocycles. The van der Waals surface area contributed by atoms with E-state index in [0.717, 1.165) is 0 Å². The minimum Gasteiger partial charge on any atom is -0.545 e. The molecule has 0 amide bonds. The van der Waals surface area contributed by atoms with Crippen molar-refractivity contribution in [3.8, 4) is 0 Å². The molecule has 0 aromatic heterocycles. The summed E-state index contributed by atoms with van der Waals surface area (Å²) in [6.07, 6.45) is 0. The predicted molar refractivity (Wildman–Crippen MR) is 94.6 cm³/mol. The van der Waals surface area contributed by atoms with Crippen LogP contribution in [0.3, 0.4) is 0 Å². The molecule has 9 nitrogen and oxygen atoms in total. The SMILES string of the molecule is C=C(C)C(=O)OC.C=C(C)C(=O)OCCS(=O)(=O)O.C=C(C)C(=O)[O-].[K+].[Na]. The first-order chi connectivity index (χ1) is 11.2. The monoisotopic (exact) mass is 441 g/mol. The van der Waals surface area contributed by atoms with Gasteiger partial charge in [0, 0.05) is 40.7 Å². The Bertz CT molecular complexity index is 615. The Morgan fingerprint density at radius 3 is 1.44 bits per heavy atom. The van der Waals surface area contributed by atoms with Crippen molar-refractivity contribution >= 4 is 57.6 Å². The fraction of sp³-hybridized carbons (Fsp3) is 0.400. The quantitative estimate of drug-likeness (QED) is 0.193. The fourth-order valence-electron chi connectivity index (χ4n) is 0.537. The molecule has 0 rings (SSSR count). The zero-order chi connectivity index (χ0) is 20.8. The van der Waals surface area contributed by atoms with Crippen LogP contribution in [0.2, 0.25) is 0 Å². The average molecular weight is 441 g/mol. The minimum atomic E-state index is -4.05. The number of hydrogen-bond acceptors (Lipinski definition) is 8. The van der Waals surface area contributed by atoms with Crippen molar-refractivity contribution in [1.29, 1.82) is 0 Å². The molecule has 0 heterocycles. The number of carbonyl (C=O) groups is 3. The van der Waals surface area contributed by atoms with Crippen LogP contribution >= 0.6 is 0 Å². The Morgan fingerprint density at radius 2 is 1.30 bits per heavy atom. The van der Waals surface area contributed by atoms with Gasteiger partial charge in [0.15, 0.2) is 0 Å². The number of esters is 2. The van der Waals surface area contributed by atoms with Gasteiger partial charge >= 0.3 is 63.3 Å². The summed E-state index contributed by atoms with van der Waals surface area (Å²) < 4.78 is 37.2. The second-order valence-electron chi connectivity index (χ2n) is 4.54. The Morgan fingerprint density at radius 1 is 0.963 bits per heavy atom.